The number of rotatable bonds is 12. The second-order valence-corrected chi connectivity index (χ2v) is 5.83. The molecule has 0 atom stereocenters. The van der Waals surface area contributed by atoms with E-state index in [1.54, 1.807) is 12.1 Å². The maximum atomic E-state index is 9.44. The molecule has 0 aliphatic heterocycles. The smallest absolute Gasteiger partial charge is 0.157 e. The molecule has 0 fully saturated rings. The van der Waals surface area contributed by atoms with Crippen molar-refractivity contribution >= 4 is 0 Å². The number of hydrogen-bond acceptors (Lipinski definition) is 2. The molecule has 0 heterocycles. The molecule has 0 aliphatic rings. The van der Waals surface area contributed by atoms with Crippen LogP contribution in [0.2, 0.25) is 0 Å². The van der Waals surface area contributed by atoms with E-state index in [4.69, 9.17) is 0 Å². The van der Waals surface area contributed by atoms with Crippen LogP contribution in [0.5, 0.6) is 11.5 Å². The Bertz CT molecular complexity index is 501. The molecule has 0 aromatic heterocycles. The van der Waals surface area contributed by atoms with E-state index in [0.29, 0.717) is 0 Å². The highest BCUT2D eigenvalue weighted by atomic mass is 16.3. The minimum Gasteiger partial charge on any atom is -0.504 e. The molecule has 0 radical (unpaired) electrons. The fourth-order valence-corrected chi connectivity index (χ4v) is 2.43. The summed E-state index contributed by atoms with van der Waals surface area (Å²) in [7, 11) is 0. The van der Waals surface area contributed by atoms with Gasteiger partial charge in [0.2, 0.25) is 0 Å². The van der Waals surface area contributed by atoms with Crippen molar-refractivity contribution < 1.29 is 10.2 Å². The van der Waals surface area contributed by atoms with Crippen molar-refractivity contribution in [3.8, 4) is 11.5 Å². The molecule has 23 heavy (non-hydrogen) atoms. The van der Waals surface area contributed by atoms with Gasteiger partial charge in [0.25, 0.3) is 0 Å². The van der Waals surface area contributed by atoms with Gasteiger partial charge in [-0.1, -0.05) is 55.7 Å². The molecule has 0 saturated carbocycles. The molecule has 126 valence electrons. The van der Waals surface area contributed by atoms with Crippen LogP contribution >= 0.6 is 0 Å². The maximum Gasteiger partial charge on any atom is 0.157 e. The van der Waals surface area contributed by atoms with E-state index in [1.807, 2.05) is 12.1 Å². The average Bonchev–Trinajstić information content (AvgIpc) is 2.55. The largest absolute Gasteiger partial charge is 0.504 e. The van der Waals surface area contributed by atoms with Gasteiger partial charge in [0.1, 0.15) is 0 Å². The fourth-order valence-electron chi connectivity index (χ4n) is 2.43. The van der Waals surface area contributed by atoms with Gasteiger partial charge in [0, 0.05) is 0 Å². The van der Waals surface area contributed by atoms with Crippen LogP contribution in [0.1, 0.15) is 56.9 Å². The zero-order chi connectivity index (χ0) is 16.8. The molecule has 2 heteroatoms. The van der Waals surface area contributed by atoms with Crippen LogP contribution in [0.3, 0.4) is 0 Å². The molecule has 1 rings (SSSR count). The molecule has 0 amide bonds. The molecule has 0 bridgehead atoms. The summed E-state index contributed by atoms with van der Waals surface area (Å²) in [5, 5.41) is 18.7. The number of hydrogen-bond donors (Lipinski definition) is 2. The number of aromatic hydroxyl groups is 2. The number of benzene rings is 1. The molecular formula is C21H30O2. The summed E-state index contributed by atoms with van der Waals surface area (Å²) in [4.78, 5) is 0. The molecule has 0 spiro atoms. The van der Waals surface area contributed by atoms with Gasteiger partial charge in [-0.2, -0.15) is 0 Å². The summed E-state index contributed by atoms with van der Waals surface area (Å²) < 4.78 is 0. The van der Waals surface area contributed by atoms with Crippen molar-refractivity contribution in [2.45, 2.75) is 57.8 Å². The first-order valence-corrected chi connectivity index (χ1v) is 8.65. The molecule has 1 aromatic carbocycles. The maximum absolute atomic E-state index is 9.44. The van der Waals surface area contributed by atoms with E-state index in [-0.39, 0.29) is 11.5 Å². The average molecular weight is 314 g/mol. The van der Waals surface area contributed by atoms with E-state index in [1.165, 1.54) is 32.1 Å². The van der Waals surface area contributed by atoms with E-state index in [0.717, 1.165) is 31.2 Å². The van der Waals surface area contributed by atoms with E-state index in [2.05, 4.69) is 30.9 Å². The third-order valence-corrected chi connectivity index (χ3v) is 3.78. The fraction of sp³-hybridized carbons (Fsp3) is 0.429. The first-order valence-electron chi connectivity index (χ1n) is 8.65. The minimum absolute atomic E-state index is 0.0198. The van der Waals surface area contributed by atoms with Crippen molar-refractivity contribution in [1.29, 1.82) is 0 Å². The lowest BCUT2D eigenvalue weighted by Gasteiger charge is -2.04. The van der Waals surface area contributed by atoms with Crippen LogP contribution in [0.4, 0.5) is 0 Å². The Labute approximate surface area is 140 Å². The summed E-state index contributed by atoms with van der Waals surface area (Å²) in [6, 6.07) is 5.09. The molecule has 0 unspecified atom stereocenters. The molecule has 0 saturated heterocycles. The Kier molecular flexibility index (Phi) is 10.4. The van der Waals surface area contributed by atoms with Gasteiger partial charge in [-0.05, 0) is 56.2 Å². The Balaban J connectivity index is 1.96. The zero-order valence-corrected chi connectivity index (χ0v) is 14.1. The monoisotopic (exact) mass is 314 g/mol. The normalized spacial score (nSPS) is 11.5. The van der Waals surface area contributed by atoms with Crippen molar-refractivity contribution in [3.05, 3.63) is 60.7 Å². The first kappa shape index (κ1) is 19.1. The number of allylic oxidation sites excluding steroid dienone is 5. The first-order chi connectivity index (χ1) is 11.2. The Hall–Kier alpha value is -1.96. The molecule has 2 nitrogen and oxygen atoms in total. The summed E-state index contributed by atoms with van der Waals surface area (Å²) in [5.74, 6) is -0.0633. The lowest BCUT2D eigenvalue weighted by Crippen LogP contribution is -1.86. The molecule has 1 aromatic rings. The SMILES string of the molecule is C=CC/C=C\C/C=C\CCCCCCCc1ccc(O)c(O)c1. The summed E-state index contributed by atoms with van der Waals surface area (Å²) in [6.45, 7) is 3.68. The molecular weight excluding hydrogens is 284 g/mol. The number of phenolic OH excluding ortho intramolecular Hbond substituents is 2. The van der Waals surface area contributed by atoms with Gasteiger partial charge >= 0.3 is 0 Å². The van der Waals surface area contributed by atoms with Crippen LogP contribution in [-0.4, -0.2) is 10.2 Å². The van der Waals surface area contributed by atoms with E-state index in [9.17, 15) is 10.2 Å². The van der Waals surface area contributed by atoms with Crippen LogP contribution in [0.25, 0.3) is 0 Å². The van der Waals surface area contributed by atoms with Crippen molar-refractivity contribution in [2.75, 3.05) is 0 Å². The second-order valence-electron chi connectivity index (χ2n) is 5.83. The van der Waals surface area contributed by atoms with Crippen LogP contribution in [0, 0.1) is 0 Å². The second kappa shape index (κ2) is 12.6. The zero-order valence-electron chi connectivity index (χ0n) is 14.1. The van der Waals surface area contributed by atoms with Crippen molar-refractivity contribution in [3.63, 3.8) is 0 Å². The van der Waals surface area contributed by atoms with Crippen LogP contribution in [-0.2, 0) is 6.42 Å². The van der Waals surface area contributed by atoms with Gasteiger partial charge in [-0.15, -0.1) is 6.58 Å². The standard InChI is InChI=1S/C21H30O2/c1-2-3-4-5-6-7-8-9-10-11-12-13-14-15-19-16-17-20(22)21(23)18-19/h2,4-5,7-8,16-18,22-23H,1,3,6,9-15H2/b5-4-,8-7-. The van der Waals surface area contributed by atoms with Gasteiger partial charge in [0.15, 0.2) is 11.5 Å². The Morgan fingerprint density at radius 3 is 2.26 bits per heavy atom. The molecule has 2 N–H and O–H groups in total. The Morgan fingerprint density at radius 1 is 0.783 bits per heavy atom. The van der Waals surface area contributed by atoms with Gasteiger partial charge in [-0.3, -0.25) is 0 Å². The van der Waals surface area contributed by atoms with E-state index < -0.39 is 0 Å². The lowest BCUT2D eigenvalue weighted by atomic mass is 10.0. The summed E-state index contributed by atoms with van der Waals surface area (Å²) in [5.41, 5.74) is 1.09. The predicted octanol–water partition coefficient (Wildman–Crippen LogP) is 6.06. The lowest BCUT2D eigenvalue weighted by molar-refractivity contribution is 0.403. The third kappa shape index (κ3) is 9.62. The van der Waals surface area contributed by atoms with Crippen molar-refractivity contribution in [2.24, 2.45) is 0 Å². The van der Waals surface area contributed by atoms with Gasteiger partial charge in [-0.25, -0.2) is 0 Å². The minimum atomic E-state index is -0.0435. The predicted molar refractivity (Wildman–Crippen MR) is 98.9 cm³/mol. The molecule has 0 aliphatic carbocycles. The highest BCUT2D eigenvalue weighted by Crippen LogP contribution is 2.25. The van der Waals surface area contributed by atoms with E-state index >= 15 is 0 Å². The number of unbranched alkanes of at least 4 members (excludes halogenated alkanes) is 5. The highest BCUT2D eigenvalue weighted by molar-refractivity contribution is 5.40. The highest BCUT2D eigenvalue weighted by Gasteiger charge is 2.00. The van der Waals surface area contributed by atoms with Crippen LogP contribution < -0.4 is 0 Å². The van der Waals surface area contributed by atoms with Crippen LogP contribution in [0.15, 0.2) is 55.2 Å². The quantitative estimate of drug-likeness (QED) is 0.280. The van der Waals surface area contributed by atoms with Crippen molar-refractivity contribution in [1.82, 2.24) is 0 Å². The van der Waals surface area contributed by atoms with Gasteiger partial charge in [0.05, 0.1) is 0 Å². The third-order valence-electron chi connectivity index (χ3n) is 3.78. The topological polar surface area (TPSA) is 40.5 Å². The number of aryl methyl sites for hydroxylation is 1. The Morgan fingerprint density at radius 2 is 1.48 bits per heavy atom. The summed E-state index contributed by atoms with van der Waals surface area (Å²) in [6.07, 6.45) is 21.0. The number of phenols is 2. The van der Waals surface area contributed by atoms with Gasteiger partial charge < -0.3 is 10.2 Å². The summed E-state index contributed by atoms with van der Waals surface area (Å²) >= 11 is 0.